The Labute approximate surface area is 165 Å². The lowest BCUT2D eigenvalue weighted by Gasteiger charge is -2.08. The number of carbonyl (C=O) groups excluding carboxylic acids is 1. The minimum atomic E-state index is -0.105. The zero-order chi connectivity index (χ0) is 17.8. The van der Waals surface area contributed by atoms with E-state index in [9.17, 15) is 4.79 Å². The highest BCUT2D eigenvalue weighted by Gasteiger charge is 2.15. The fraction of sp³-hybridized carbons (Fsp3) is 0.105. The maximum atomic E-state index is 12.6. The van der Waals surface area contributed by atoms with Gasteiger partial charge < -0.3 is 5.32 Å². The Morgan fingerprint density at radius 3 is 2.44 bits per heavy atom. The van der Waals surface area contributed by atoms with E-state index in [0.29, 0.717) is 20.7 Å². The molecule has 2 aromatic carbocycles. The second-order valence-corrected chi connectivity index (χ2v) is 8.17. The van der Waals surface area contributed by atoms with Crippen LogP contribution in [0.25, 0.3) is 0 Å². The molecule has 25 heavy (non-hydrogen) atoms. The molecule has 0 aliphatic heterocycles. The minimum absolute atomic E-state index is 0.105. The minimum Gasteiger partial charge on any atom is -0.321 e. The van der Waals surface area contributed by atoms with Gasteiger partial charge in [0.15, 0.2) is 0 Å². The first-order valence-electron chi connectivity index (χ1n) is 7.56. The molecule has 0 radical (unpaired) electrons. The third kappa shape index (κ3) is 4.59. The van der Waals surface area contributed by atoms with Crippen LogP contribution in [0.5, 0.6) is 0 Å². The van der Waals surface area contributed by atoms with Crippen molar-refractivity contribution in [3.63, 3.8) is 0 Å². The number of rotatable bonds is 5. The van der Waals surface area contributed by atoms with Gasteiger partial charge in [-0.05, 0) is 48.2 Å². The molecule has 0 aliphatic carbocycles. The number of amides is 1. The van der Waals surface area contributed by atoms with Gasteiger partial charge in [-0.3, -0.25) is 4.79 Å². The summed E-state index contributed by atoms with van der Waals surface area (Å²) in [6, 6.07) is 15.2. The molecule has 0 spiro atoms. The predicted molar refractivity (Wildman–Crippen MR) is 109 cm³/mol. The van der Waals surface area contributed by atoms with Crippen molar-refractivity contribution in [1.29, 1.82) is 0 Å². The Kier molecular flexibility index (Phi) is 6.07. The molecule has 0 atom stereocenters. The van der Waals surface area contributed by atoms with Gasteiger partial charge in [0.25, 0.3) is 5.91 Å². The Hall–Kier alpha value is -1.46. The molecule has 0 saturated heterocycles. The van der Waals surface area contributed by atoms with E-state index in [1.807, 2.05) is 60.8 Å². The number of benzene rings is 2. The summed E-state index contributed by atoms with van der Waals surface area (Å²) < 4.78 is 0. The highest BCUT2D eigenvalue weighted by molar-refractivity contribution is 7.98. The largest absolute Gasteiger partial charge is 0.321 e. The number of hydrogen-bond donors (Lipinski definition) is 1. The Bertz CT molecular complexity index is 870. The lowest BCUT2D eigenvalue weighted by Crippen LogP contribution is -2.11. The van der Waals surface area contributed by atoms with Gasteiger partial charge in [-0.15, -0.1) is 23.1 Å². The first kappa shape index (κ1) is 18.3. The molecule has 1 N–H and O–H groups in total. The Morgan fingerprint density at radius 2 is 1.76 bits per heavy atom. The molecule has 1 amide bonds. The number of thiophene rings is 1. The van der Waals surface area contributed by atoms with Crippen molar-refractivity contribution < 1.29 is 4.79 Å². The summed E-state index contributed by atoms with van der Waals surface area (Å²) in [7, 11) is 0. The average molecular weight is 408 g/mol. The van der Waals surface area contributed by atoms with Gasteiger partial charge in [0.05, 0.1) is 0 Å². The molecule has 1 heterocycles. The number of halogens is 2. The molecule has 3 rings (SSSR count). The van der Waals surface area contributed by atoms with E-state index in [1.165, 1.54) is 11.3 Å². The van der Waals surface area contributed by atoms with Gasteiger partial charge in [0.2, 0.25) is 0 Å². The van der Waals surface area contributed by atoms with E-state index in [4.69, 9.17) is 23.2 Å². The molecule has 3 aromatic rings. The van der Waals surface area contributed by atoms with E-state index in [-0.39, 0.29) is 5.91 Å². The summed E-state index contributed by atoms with van der Waals surface area (Å²) >= 11 is 15.4. The number of anilines is 1. The van der Waals surface area contributed by atoms with Crippen LogP contribution in [-0.4, -0.2) is 5.91 Å². The molecule has 0 bridgehead atoms. The fourth-order valence-corrected chi connectivity index (χ4v) is 5.00. The van der Waals surface area contributed by atoms with Crippen molar-refractivity contribution in [2.24, 2.45) is 0 Å². The van der Waals surface area contributed by atoms with E-state index in [0.717, 1.165) is 21.7 Å². The zero-order valence-electron chi connectivity index (χ0n) is 13.4. The fourth-order valence-electron chi connectivity index (χ4n) is 2.22. The summed E-state index contributed by atoms with van der Waals surface area (Å²) in [5.41, 5.74) is 2.82. The van der Waals surface area contributed by atoms with E-state index in [2.05, 4.69) is 5.32 Å². The highest BCUT2D eigenvalue weighted by Crippen LogP contribution is 2.35. The number of aryl methyl sites for hydroxylation is 1. The second kappa shape index (κ2) is 8.28. The van der Waals surface area contributed by atoms with Crippen LogP contribution in [0.15, 0.2) is 58.8 Å². The number of nitrogens with one attached hydrogen (secondary N) is 1. The molecule has 0 fully saturated rings. The van der Waals surface area contributed by atoms with Crippen LogP contribution in [0.3, 0.4) is 0 Å². The lowest BCUT2D eigenvalue weighted by molar-refractivity contribution is 0.102. The van der Waals surface area contributed by atoms with Crippen LogP contribution in [0, 0.1) is 6.92 Å². The Morgan fingerprint density at radius 1 is 1.08 bits per heavy atom. The molecular weight excluding hydrogens is 393 g/mol. The number of carbonyl (C=O) groups is 1. The molecule has 128 valence electrons. The van der Waals surface area contributed by atoms with Crippen LogP contribution in [0.4, 0.5) is 5.69 Å². The van der Waals surface area contributed by atoms with Crippen LogP contribution < -0.4 is 5.32 Å². The smallest absolute Gasteiger partial charge is 0.266 e. The Balaban J connectivity index is 1.72. The summed E-state index contributed by atoms with van der Waals surface area (Å²) in [5, 5.41) is 6.14. The highest BCUT2D eigenvalue weighted by atomic mass is 35.5. The van der Waals surface area contributed by atoms with Crippen LogP contribution in [0.2, 0.25) is 10.0 Å². The molecule has 0 aliphatic rings. The summed E-state index contributed by atoms with van der Waals surface area (Å²) in [5.74, 6) is 0.506. The molecular formula is C19H15Cl2NOS2. The third-order valence-corrected chi connectivity index (χ3v) is 6.41. The zero-order valence-corrected chi connectivity index (χ0v) is 16.5. The normalized spacial score (nSPS) is 10.7. The van der Waals surface area contributed by atoms with Gasteiger partial charge in [-0.1, -0.05) is 47.0 Å². The van der Waals surface area contributed by atoms with Gasteiger partial charge >= 0.3 is 0 Å². The van der Waals surface area contributed by atoms with Crippen LogP contribution >= 0.6 is 46.3 Å². The van der Waals surface area contributed by atoms with Crippen molar-refractivity contribution in [1.82, 2.24) is 0 Å². The van der Waals surface area contributed by atoms with Crippen LogP contribution in [-0.2, 0) is 5.75 Å². The van der Waals surface area contributed by atoms with Gasteiger partial charge in [-0.2, -0.15) is 0 Å². The van der Waals surface area contributed by atoms with Crippen LogP contribution in [0.1, 0.15) is 20.8 Å². The molecule has 0 unspecified atom stereocenters. The van der Waals surface area contributed by atoms with Crippen molar-refractivity contribution in [3.05, 3.63) is 80.0 Å². The maximum absolute atomic E-state index is 12.6. The van der Waals surface area contributed by atoms with Gasteiger partial charge in [-0.25, -0.2) is 0 Å². The van der Waals surface area contributed by atoms with E-state index >= 15 is 0 Å². The molecule has 1 aromatic heterocycles. The second-order valence-electron chi connectivity index (χ2n) is 5.42. The predicted octanol–water partition coefficient (Wildman–Crippen LogP) is 6.91. The average Bonchev–Trinajstić information content (AvgIpc) is 3.05. The van der Waals surface area contributed by atoms with Crippen molar-refractivity contribution in [2.45, 2.75) is 17.6 Å². The monoisotopic (exact) mass is 407 g/mol. The molecule has 2 nitrogen and oxygen atoms in total. The molecule has 6 heteroatoms. The van der Waals surface area contributed by atoms with Crippen molar-refractivity contribution in [3.8, 4) is 0 Å². The van der Waals surface area contributed by atoms with Gasteiger partial charge in [0.1, 0.15) is 4.88 Å². The standard InChI is InChI=1S/C19H15Cl2NOS2/c1-12-5-7-13(8-6-12)22-19(23)18-17(9-10-24-18)25-11-14-15(20)3-2-4-16(14)21/h2-10H,11H2,1H3,(H,22,23). The van der Waals surface area contributed by atoms with Crippen molar-refractivity contribution >= 4 is 57.9 Å². The summed E-state index contributed by atoms with van der Waals surface area (Å²) in [6.45, 7) is 2.01. The van der Waals surface area contributed by atoms with Gasteiger partial charge in [0, 0.05) is 26.4 Å². The maximum Gasteiger partial charge on any atom is 0.266 e. The first-order valence-corrected chi connectivity index (χ1v) is 10.2. The van der Waals surface area contributed by atoms with Crippen molar-refractivity contribution in [2.75, 3.05) is 5.32 Å². The SMILES string of the molecule is Cc1ccc(NC(=O)c2sccc2SCc2c(Cl)cccc2Cl)cc1. The molecule has 0 saturated carbocycles. The topological polar surface area (TPSA) is 29.1 Å². The van der Waals surface area contributed by atoms with E-state index in [1.54, 1.807) is 11.8 Å². The number of hydrogen-bond acceptors (Lipinski definition) is 3. The third-order valence-electron chi connectivity index (χ3n) is 3.58. The quantitative estimate of drug-likeness (QED) is 0.465. The lowest BCUT2D eigenvalue weighted by atomic mass is 10.2. The summed E-state index contributed by atoms with van der Waals surface area (Å²) in [4.78, 5) is 14.2. The summed E-state index contributed by atoms with van der Waals surface area (Å²) in [6.07, 6.45) is 0. The number of thioether (sulfide) groups is 1. The first-order chi connectivity index (χ1) is 12.0. The van der Waals surface area contributed by atoms with E-state index < -0.39 is 0 Å².